The molecule has 7 nitrogen and oxygen atoms in total. The minimum absolute atomic E-state index is 0.00694. The van der Waals surface area contributed by atoms with Crippen LogP contribution in [0, 0.1) is 11.3 Å². The number of nitrogens with zero attached hydrogens (tertiary/aromatic N) is 4. The maximum absolute atomic E-state index is 12.0. The van der Waals surface area contributed by atoms with Crippen LogP contribution < -0.4 is 0 Å². The molecule has 2 spiro atoms. The van der Waals surface area contributed by atoms with Crippen LogP contribution in [0.3, 0.4) is 0 Å². The molecule has 4 saturated carbocycles. The summed E-state index contributed by atoms with van der Waals surface area (Å²) in [7, 11) is 0. The van der Waals surface area contributed by atoms with Gasteiger partial charge in [0.15, 0.2) is 5.78 Å². The topological polar surface area (TPSA) is 67.3 Å². The van der Waals surface area contributed by atoms with Crippen LogP contribution in [0.1, 0.15) is 241 Å². The number of carbonyl (C=O) groups excluding carboxylic acids is 2. The van der Waals surface area contributed by atoms with Gasteiger partial charge in [0.25, 0.3) is 0 Å². The fourth-order valence-electron chi connectivity index (χ4n) is 12.0. The van der Waals surface area contributed by atoms with Crippen LogP contribution in [0.15, 0.2) is 0 Å². The van der Waals surface area contributed by atoms with Crippen LogP contribution in [0.2, 0.25) is 0 Å². The molecule has 60 heavy (non-hydrogen) atoms. The van der Waals surface area contributed by atoms with Crippen molar-refractivity contribution in [3.05, 3.63) is 0 Å². The zero-order chi connectivity index (χ0) is 43.7. The van der Waals surface area contributed by atoms with Gasteiger partial charge in [0, 0.05) is 32.1 Å². The van der Waals surface area contributed by atoms with Crippen LogP contribution in [-0.2, 0) is 9.59 Å². The number of hydrogen-bond donors (Lipinski definition) is 1. The molecule has 7 heteroatoms. The highest BCUT2D eigenvalue weighted by Crippen LogP contribution is 2.44. The van der Waals surface area contributed by atoms with Gasteiger partial charge in [0.2, 0.25) is 5.91 Å². The number of likely N-dealkylation sites (N-methyl/N-ethyl adjacent to an activating group) is 1. The van der Waals surface area contributed by atoms with E-state index in [1.807, 2.05) is 4.90 Å². The third kappa shape index (κ3) is 17.2. The first kappa shape index (κ1) is 53.3. The summed E-state index contributed by atoms with van der Waals surface area (Å²) in [6.45, 7) is 26.0. The number of piperidine rings is 2. The maximum Gasteiger partial charge on any atom is 0.228 e. The molecule has 1 atom stereocenters. The summed E-state index contributed by atoms with van der Waals surface area (Å²) in [6, 6.07) is 0.851. The number of Topliss-reactive ketones (excluding diaryl/α,β-unsaturated/α-hetero) is 1. The molecule has 8 fully saturated rings. The number of carbonyl (C=O) groups is 2. The predicted octanol–water partition coefficient (Wildman–Crippen LogP) is 12.6. The van der Waals surface area contributed by atoms with Gasteiger partial charge in [-0.25, -0.2) is 0 Å². The van der Waals surface area contributed by atoms with Gasteiger partial charge in [0.05, 0.1) is 16.6 Å². The van der Waals surface area contributed by atoms with Crippen molar-refractivity contribution in [2.75, 3.05) is 58.9 Å². The average molecular weight is 843 g/mol. The highest BCUT2D eigenvalue weighted by atomic mass is 16.3. The highest BCUT2D eigenvalue weighted by molar-refractivity contribution is 5.90. The Morgan fingerprint density at radius 3 is 1.50 bits per heavy atom. The van der Waals surface area contributed by atoms with E-state index in [9.17, 15) is 14.7 Å². The van der Waals surface area contributed by atoms with E-state index in [4.69, 9.17) is 0 Å². The first-order valence-corrected chi connectivity index (χ1v) is 26.8. The Labute approximate surface area is 373 Å². The molecule has 4 aliphatic carbocycles. The Hall–Kier alpha value is -1.02. The van der Waals surface area contributed by atoms with Crippen molar-refractivity contribution in [2.45, 2.75) is 258 Å². The van der Waals surface area contributed by atoms with E-state index < -0.39 is 0 Å². The van der Waals surface area contributed by atoms with Crippen molar-refractivity contribution in [2.24, 2.45) is 11.3 Å². The third-order valence-electron chi connectivity index (χ3n) is 16.6. The number of ketones is 1. The van der Waals surface area contributed by atoms with E-state index in [1.54, 1.807) is 0 Å². The smallest absolute Gasteiger partial charge is 0.228 e. The maximum atomic E-state index is 12.0. The Morgan fingerprint density at radius 2 is 1.07 bits per heavy atom. The van der Waals surface area contributed by atoms with E-state index in [0.29, 0.717) is 11.7 Å². The minimum atomic E-state index is -0.280. The van der Waals surface area contributed by atoms with Crippen molar-refractivity contribution in [1.29, 1.82) is 0 Å². The molecule has 0 aromatic carbocycles. The monoisotopic (exact) mass is 843 g/mol. The van der Waals surface area contributed by atoms with Gasteiger partial charge < -0.3 is 19.8 Å². The lowest BCUT2D eigenvalue weighted by molar-refractivity contribution is -0.137. The van der Waals surface area contributed by atoms with Gasteiger partial charge in [-0.05, 0) is 136 Å². The molecule has 4 heterocycles. The Kier molecular flexibility index (Phi) is 26.2. The van der Waals surface area contributed by atoms with Gasteiger partial charge in [0.1, 0.15) is 0 Å². The third-order valence-corrected chi connectivity index (χ3v) is 16.6. The largest absolute Gasteiger partial charge is 0.390 e. The van der Waals surface area contributed by atoms with Crippen LogP contribution in [0.5, 0.6) is 0 Å². The predicted molar refractivity (Wildman–Crippen MR) is 257 cm³/mol. The van der Waals surface area contributed by atoms with Crippen molar-refractivity contribution in [3.63, 3.8) is 0 Å². The van der Waals surface area contributed by atoms with Crippen molar-refractivity contribution in [3.8, 4) is 0 Å². The second-order valence-electron chi connectivity index (χ2n) is 20.3. The first-order chi connectivity index (χ1) is 29.1. The Morgan fingerprint density at radius 1 is 0.533 bits per heavy atom. The van der Waals surface area contributed by atoms with Gasteiger partial charge in [-0.3, -0.25) is 14.5 Å². The van der Waals surface area contributed by atoms with Gasteiger partial charge in [-0.1, -0.05) is 144 Å². The normalized spacial score (nSPS) is 26.9. The molecular weight excluding hydrogens is 741 g/mol. The molecule has 8 rings (SSSR count). The fourth-order valence-corrected chi connectivity index (χ4v) is 12.0. The number of hydrogen-bond acceptors (Lipinski definition) is 6. The summed E-state index contributed by atoms with van der Waals surface area (Å²) in [5.74, 6) is 2.06. The first-order valence-electron chi connectivity index (χ1n) is 26.8. The molecule has 1 N–H and O–H groups in total. The quantitative estimate of drug-likeness (QED) is 0.287. The van der Waals surface area contributed by atoms with E-state index in [-0.39, 0.29) is 16.6 Å². The molecule has 352 valence electrons. The highest BCUT2D eigenvalue weighted by Gasteiger charge is 2.47. The minimum Gasteiger partial charge on any atom is -0.390 e. The molecule has 4 saturated heterocycles. The lowest BCUT2D eigenvalue weighted by Crippen LogP contribution is -2.49. The molecule has 0 bridgehead atoms. The number of aliphatic hydroxyl groups is 1. The zero-order valence-corrected chi connectivity index (χ0v) is 41.3. The van der Waals surface area contributed by atoms with Crippen LogP contribution >= 0.6 is 0 Å². The standard InChI is InChI=1S/2C11H19NO.C8H17N.C8H16O.C8H16.C7H15N/c1-2-12-9-6-10(13)11(12)7-4-3-5-8-11;1-2-12-9-8-11(10(12)13)6-4-3-5-7-11;1-3-9-7-5-4-6-8(9)2;1-2-8(9)6-4-3-5-7-8;2*1-2-8-6-4-3-5-7-8/h2*2-9H2,1H3;8H,3-7H2,1-2H3;9H,2-7H2,1H3;8H,2-7H2,1H3;2-7H2,1H3. The summed E-state index contributed by atoms with van der Waals surface area (Å²) >= 11 is 0. The molecule has 1 amide bonds. The zero-order valence-electron chi connectivity index (χ0n) is 41.3. The molecular formula is C53H102N4O3. The summed E-state index contributed by atoms with van der Waals surface area (Å²) < 4.78 is 0. The number of likely N-dealkylation sites (tertiary alicyclic amines) is 4. The molecule has 0 aromatic heterocycles. The molecule has 0 aromatic rings. The summed E-state index contributed by atoms with van der Waals surface area (Å²) in [5, 5.41) is 9.68. The van der Waals surface area contributed by atoms with E-state index >= 15 is 0 Å². The summed E-state index contributed by atoms with van der Waals surface area (Å²) in [5.41, 5.74) is -0.195. The second-order valence-corrected chi connectivity index (χ2v) is 20.3. The molecule has 4 aliphatic heterocycles. The van der Waals surface area contributed by atoms with E-state index in [0.717, 1.165) is 95.9 Å². The number of amides is 1. The van der Waals surface area contributed by atoms with Gasteiger partial charge in [-0.15, -0.1) is 0 Å². The SMILES string of the molecule is CCC1(O)CCCCC1.CCC1CCCCC1.CCN1CCC(=O)C12CCCCC2.CCN1CCC2(CCCCC2)C1=O.CCN1CCCCC1.CCN1CCCCC1C. The Bertz CT molecular complexity index is 1100. The number of rotatable bonds is 6. The average Bonchev–Trinajstić information content (AvgIpc) is 3.78. The van der Waals surface area contributed by atoms with Crippen molar-refractivity contribution in [1.82, 2.24) is 19.6 Å². The van der Waals surface area contributed by atoms with Crippen LogP contribution in [0.25, 0.3) is 0 Å². The molecule has 8 aliphatic rings. The lowest BCUT2D eigenvalue weighted by Gasteiger charge is -2.39. The van der Waals surface area contributed by atoms with Crippen LogP contribution in [0.4, 0.5) is 0 Å². The molecule has 0 radical (unpaired) electrons. The van der Waals surface area contributed by atoms with Gasteiger partial charge in [-0.2, -0.15) is 0 Å². The summed E-state index contributed by atoms with van der Waals surface area (Å²) in [6.07, 6.45) is 38.5. The Balaban J connectivity index is 0.000000195. The van der Waals surface area contributed by atoms with Crippen molar-refractivity contribution >= 4 is 11.7 Å². The fraction of sp³-hybridized carbons (Fsp3) is 0.962. The lowest BCUT2D eigenvalue weighted by atomic mass is 9.73. The van der Waals surface area contributed by atoms with Gasteiger partial charge >= 0.3 is 0 Å². The molecule has 1 unspecified atom stereocenters. The van der Waals surface area contributed by atoms with E-state index in [1.165, 1.54) is 168 Å². The summed E-state index contributed by atoms with van der Waals surface area (Å²) in [4.78, 5) is 33.4. The van der Waals surface area contributed by atoms with Crippen molar-refractivity contribution < 1.29 is 14.7 Å². The second kappa shape index (κ2) is 29.4. The van der Waals surface area contributed by atoms with E-state index in [2.05, 4.69) is 63.2 Å². The van der Waals surface area contributed by atoms with Crippen LogP contribution in [-0.4, -0.2) is 112 Å².